The number of unbranched alkanes of at least 4 members (excludes halogenated alkanes) is 37. The van der Waals surface area contributed by atoms with Crippen LogP contribution in [-0.2, 0) is 14.3 Å². The number of ether oxygens (including phenoxy) is 2. The maximum Gasteiger partial charge on any atom is 0.220 e. The summed E-state index contributed by atoms with van der Waals surface area (Å²) in [6, 6.07) is -0.716. The first kappa shape index (κ1) is 61.9. The van der Waals surface area contributed by atoms with E-state index in [2.05, 4.69) is 31.3 Å². The zero-order valence-electron chi connectivity index (χ0n) is 42.8. The Bertz CT molecular complexity index is 1030. The second-order valence-corrected chi connectivity index (χ2v) is 20.1. The maximum absolute atomic E-state index is 13.1. The van der Waals surface area contributed by atoms with Gasteiger partial charge in [0.05, 0.1) is 25.4 Å². The van der Waals surface area contributed by atoms with E-state index in [9.17, 15) is 30.3 Å². The lowest BCUT2D eigenvalue weighted by Gasteiger charge is -2.40. The van der Waals surface area contributed by atoms with Gasteiger partial charge in [-0.3, -0.25) is 4.79 Å². The van der Waals surface area contributed by atoms with Crippen LogP contribution in [0.1, 0.15) is 284 Å². The molecule has 0 aliphatic carbocycles. The summed E-state index contributed by atoms with van der Waals surface area (Å²) < 4.78 is 11.3. The summed E-state index contributed by atoms with van der Waals surface area (Å²) in [6.45, 7) is 3.87. The van der Waals surface area contributed by atoms with E-state index in [1.807, 2.05) is 0 Å². The van der Waals surface area contributed by atoms with Crippen LogP contribution in [0.2, 0.25) is 0 Å². The highest BCUT2D eigenvalue weighted by Crippen LogP contribution is 2.23. The highest BCUT2D eigenvalue weighted by atomic mass is 16.7. The minimum Gasteiger partial charge on any atom is -0.394 e. The van der Waals surface area contributed by atoms with Crippen molar-refractivity contribution in [2.24, 2.45) is 0 Å². The summed E-state index contributed by atoms with van der Waals surface area (Å²) in [5.74, 6) is -0.141. The fourth-order valence-corrected chi connectivity index (χ4v) is 9.34. The van der Waals surface area contributed by atoms with Gasteiger partial charge in [0, 0.05) is 6.42 Å². The van der Waals surface area contributed by atoms with Crippen molar-refractivity contribution in [3.8, 4) is 0 Å². The molecule has 9 nitrogen and oxygen atoms in total. The first-order chi connectivity index (χ1) is 31.8. The van der Waals surface area contributed by atoms with E-state index in [1.165, 1.54) is 218 Å². The van der Waals surface area contributed by atoms with Crippen molar-refractivity contribution >= 4 is 5.91 Å². The number of rotatable bonds is 49. The molecule has 1 saturated heterocycles. The Morgan fingerprint density at radius 1 is 0.508 bits per heavy atom. The molecule has 0 aromatic heterocycles. The van der Waals surface area contributed by atoms with E-state index >= 15 is 0 Å². The Morgan fingerprint density at radius 2 is 0.862 bits per heavy atom. The van der Waals surface area contributed by atoms with Gasteiger partial charge >= 0.3 is 0 Å². The van der Waals surface area contributed by atoms with E-state index in [0.29, 0.717) is 12.8 Å². The predicted octanol–water partition coefficient (Wildman–Crippen LogP) is 13.6. The van der Waals surface area contributed by atoms with Crippen molar-refractivity contribution in [2.45, 2.75) is 326 Å². The standard InChI is InChI=1S/C56H109NO8/c1-3-5-7-9-11-13-15-17-19-21-22-23-24-25-26-27-28-29-30-32-34-36-38-40-42-44-46-52(60)57-49(48-64-56-55(63)54(62)53(61)51(47-58)65-56)50(59)45-43-41-39-37-35-33-31-20-18-16-14-12-10-8-6-4-2/h25-26,49-51,53-56,58-59,61-63H,3-24,27-48H2,1-2H3,(H,57,60)/b26-25-. The van der Waals surface area contributed by atoms with Crippen LogP contribution in [0.3, 0.4) is 0 Å². The molecular weight excluding hydrogens is 815 g/mol. The van der Waals surface area contributed by atoms with E-state index in [0.717, 1.165) is 38.5 Å². The maximum atomic E-state index is 13.1. The average molecular weight is 924 g/mol. The molecule has 0 saturated carbocycles. The van der Waals surface area contributed by atoms with E-state index in [4.69, 9.17) is 9.47 Å². The second-order valence-electron chi connectivity index (χ2n) is 20.1. The fourth-order valence-electron chi connectivity index (χ4n) is 9.34. The van der Waals surface area contributed by atoms with Crippen LogP contribution in [0.15, 0.2) is 12.2 Å². The lowest BCUT2D eigenvalue weighted by atomic mass is 9.99. The third kappa shape index (κ3) is 36.6. The molecule has 1 rings (SSSR count). The smallest absolute Gasteiger partial charge is 0.220 e. The molecule has 65 heavy (non-hydrogen) atoms. The summed E-state index contributed by atoms with van der Waals surface area (Å²) in [5, 5.41) is 54.6. The molecule has 0 radical (unpaired) electrons. The monoisotopic (exact) mass is 924 g/mol. The van der Waals surface area contributed by atoms with Crippen LogP contribution >= 0.6 is 0 Å². The SMILES string of the molecule is CCCCCCCCCCCCCC/C=C\CCCCCCCCCCCCC(=O)NC(COC1OC(CO)C(O)C(O)C1O)C(O)CCCCCCCCCCCCCCCCCC. The molecule has 1 fully saturated rings. The number of aliphatic hydroxyl groups excluding tert-OH is 5. The molecule has 0 spiro atoms. The molecule has 0 aromatic rings. The summed E-state index contributed by atoms with van der Waals surface area (Å²) in [7, 11) is 0. The van der Waals surface area contributed by atoms with Crippen molar-refractivity contribution in [3.05, 3.63) is 12.2 Å². The number of hydrogen-bond donors (Lipinski definition) is 6. The summed E-state index contributed by atoms with van der Waals surface area (Å²) >= 11 is 0. The number of hydrogen-bond acceptors (Lipinski definition) is 8. The van der Waals surface area contributed by atoms with Gasteiger partial charge in [0.2, 0.25) is 5.91 Å². The lowest BCUT2D eigenvalue weighted by Crippen LogP contribution is -2.60. The number of carbonyl (C=O) groups is 1. The van der Waals surface area contributed by atoms with E-state index in [1.54, 1.807) is 0 Å². The highest BCUT2D eigenvalue weighted by molar-refractivity contribution is 5.76. The Hall–Kier alpha value is -1.07. The molecule has 1 aliphatic heterocycles. The quantitative estimate of drug-likeness (QED) is 0.0261. The summed E-state index contributed by atoms with van der Waals surface area (Å²) in [6.07, 6.45) is 49.5. The number of amides is 1. The van der Waals surface area contributed by atoms with Crippen LogP contribution < -0.4 is 5.32 Å². The van der Waals surface area contributed by atoms with Crippen LogP contribution in [0.5, 0.6) is 0 Å². The third-order valence-corrected chi connectivity index (χ3v) is 13.9. The van der Waals surface area contributed by atoms with Gasteiger partial charge in [0.25, 0.3) is 0 Å². The third-order valence-electron chi connectivity index (χ3n) is 13.9. The van der Waals surface area contributed by atoms with E-state index in [-0.39, 0.29) is 12.5 Å². The van der Waals surface area contributed by atoms with Crippen molar-refractivity contribution in [2.75, 3.05) is 13.2 Å². The molecular formula is C56H109NO8. The average Bonchev–Trinajstić information content (AvgIpc) is 3.31. The van der Waals surface area contributed by atoms with Crippen LogP contribution in [0, 0.1) is 0 Å². The minimum absolute atomic E-state index is 0.134. The van der Waals surface area contributed by atoms with Crippen molar-refractivity contribution < 1.29 is 39.8 Å². The Balaban J connectivity index is 2.18. The normalized spacial score (nSPS) is 19.9. The first-order valence-electron chi connectivity index (χ1n) is 28.4. The van der Waals surface area contributed by atoms with Crippen molar-refractivity contribution in [3.63, 3.8) is 0 Å². The van der Waals surface area contributed by atoms with Gasteiger partial charge < -0.3 is 40.3 Å². The molecule has 9 heteroatoms. The molecule has 7 unspecified atom stereocenters. The lowest BCUT2D eigenvalue weighted by molar-refractivity contribution is -0.302. The molecule has 6 N–H and O–H groups in total. The molecule has 386 valence electrons. The van der Waals surface area contributed by atoms with Crippen LogP contribution in [0.25, 0.3) is 0 Å². The van der Waals surface area contributed by atoms with Gasteiger partial charge in [-0.15, -0.1) is 0 Å². The van der Waals surface area contributed by atoms with Gasteiger partial charge in [-0.05, 0) is 38.5 Å². The van der Waals surface area contributed by atoms with Gasteiger partial charge in [-0.2, -0.15) is 0 Å². The molecule has 1 aliphatic rings. The second kappa shape index (κ2) is 46.6. The Kier molecular flexibility index (Phi) is 44.5. The van der Waals surface area contributed by atoms with Crippen LogP contribution in [0.4, 0.5) is 0 Å². The zero-order chi connectivity index (χ0) is 47.3. The van der Waals surface area contributed by atoms with Crippen molar-refractivity contribution in [1.82, 2.24) is 5.32 Å². The summed E-state index contributed by atoms with van der Waals surface area (Å²) in [5.41, 5.74) is 0. The Labute approximate surface area is 401 Å². The molecule has 1 heterocycles. The van der Waals surface area contributed by atoms with Gasteiger partial charge in [0.15, 0.2) is 6.29 Å². The number of carbonyl (C=O) groups excluding carboxylic acids is 1. The molecule has 0 bridgehead atoms. The minimum atomic E-state index is -1.55. The van der Waals surface area contributed by atoms with Gasteiger partial charge in [-0.1, -0.05) is 251 Å². The van der Waals surface area contributed by atoms with Gasteiger partial charge in [-0.25, -0.2) is 0 Å². The zero-order valence-corrected chi connectivity index (χ0v) is 42.8. The van der Waals surface area contributed by atoms with Crippen LogP contribution in [-0.4, -0.2) is 87.5 Å². The molecule has 0 aromatic carbocycles. The number of aliphatic hydroxyl groups is 5. The molecule has 1 amide bonds. The summed E-state index contributed by atoms with van der Waals surface area (Å²) in [4.78, 5) is 13.1. The number of allylic oxidation sites excluding steroid dienone is 2. The Morgan fingerprint density at radius 3 is 1.25 bits per heavy atom. The number of nitrogens with one attached hydrogen (secondary N) is 1. The fraction of sp³-hybridized carbons (Fsp3) is 0.946. The van der Waals surface area contributed by atoms with Gasteiger partial charge in [0.1, 0.15) is 24.4 Å². The largest absolute Gasteiger partial charge is 0.394 e. The highest BCUT2D eigenvalue weighted by Gasteiger charge is 2.44. The first-order valence-corrected chi connectivity index (χ1v) is 28.4. The predicted molar refractivity (Wildman–Crippen MR) is 272 cm³/mol. The molecule has 7 atom stereocenters. The van der Waals surface area contributed by atoms with Crippen molar-refractivity contribution in [1.29, 1.82) is 0 Å². The van der Waals surface area contributed by atoms with E-state index < -0.39 is 49.5 Å². The topological polar surface area (TPSA) is 149 Å².